The third-order valence-corrected chi connectivity index (χ3v) is 3.16. The molecule has 0 saturated heterocycles. The van der Waals surface area contributed by atoms with Crippen molar-refractivity contribution in [2.45, 2.75) is 52.4 Å². The lowest BCUT2D eigenvalue weighted by Crippen LogP contribution is -2.51. The summed E-state index contributed by atoms with van der Waals surface area (Å²) in [7, 11) is 0. The molecule has 0 unspecified atom stereocenters. The van der Waals surface area contributed by atoms with E-state index in [1.807, 2.05) is 0 Å². The van der Waals surface area contributed by atoms with Crippen LogP contribution in [0.5, 0.6) is 0 Å². The van der Waals surface area contributed by atoms with Gasteiger partial charge in [-0.2, -0.15) is 0 Å². The number of nitrogens with zero attached hydrogens (tertiary/aromatic N) is 1. The molecule has 21 heavy (non-hydrogen) atoms. The van der Waals surface area contributed by atoms with Gasteiger partial charge in [0, 0.05) is 5.38 Å². The van der Waals surface area contributed by atoms with Crippen molar-refractivity contribution in [2.75, 3.05) is 5.32 Å². The minimum absolute atomic E-state index is 0.411. The molecule has 0 aliphatic heterocycles. The van der Waals surface area contributed by atoms with Crippen LogP contribution in [0.3, 0.4) is 0 Å². The molecule has 1 aromatic rings. The van der Waals surface area contributed by atoms with Crippen molar-refractivity contribution in [3.8, 4) is 0 Å². The van der Waals surface area contributed by atoms with Crippen LogP contribution in [0.2, 0.25) is 0 Å². The van der Waals surface area contributed by atoms with Crippen molar-refractivity contribution in [2.24, 2.45) is 0 Å². The molecule has 0 bridgehead atoms. The quantitative estimate of drug-likeness (QED) is 0.784. The summed E-state index contributed by atoms with van der Waals surface area (Å²) in [6.07, 6.45) is -1.84. The van der Waals surface area contributed by atoms with E-state index in [4.69, 9.17) is 4.74 Å². The van der Waals surface area contributed by atoms with Gasteiger partial charge in [-0.25, -0.2) is 9.78 Å². The standard InChI is InChI=1S/C13H21N3O4S/c1-7-6-21-11(14-7)16-10(18)9(8(2)17)15-12(19)20-13(3,4)5/h6,8-9,17H,1-5H3,(H,15,19)(H,14,16,18)/t8-,9+/m0/s1. The first-order valence-corrected chi connectivity index (χ1v) is 7.37. The second-order valence-electron chi connectivity index (χ2n) is 5.65. The number of rotatable bonds is 4. The van der Waals surface area contributed by atoms with Crippen LogP contribution in [-0.4, -0.2) is 39.8 Å². The van der Waals surface area contributed by atoms with Gasteiger partial charge in [0.1, 0.15) is 11.6 Å². The molecule has 3 N–H and O–H groups in total. The number of aliphatic hydroxyl groups is 1. The molecule has 118 valence electrons. The van der Waals surface area contributed by atoms with E-state index in [1.54, 1.807) is 33.1 Å². The van der Waals surface area contributed by atoms with Gasteiger partial charge >= 0.3 is 6.09 Å². The predicted molar refractivity (Wildman–Crippen MR) is 80.3 cm³/mol. The summed E-state index contributed by atoms with van der Waals surface area (Å²) >= 11 is 1.27. The van der Waals surface area contributed by atoms with Crippen LogP contribution in [0.15, 0.2) is 5.38 Å². The molecule has 0 aliphatic rings. The number of ether oxygens (including phenoxy) is 1. The number of aliphatic hydroxyl groups excluding tert-OH is 1. The molecule has 0 radical (unpaired) electrons. The number of anilines is 1. The van der Waals surface area contributed by atoms with Crippen LogP contribution in [-0.2, 0) is 9.53 Å². The summed E-state index contributed by atoms with van der Waals surface area (Å²) in [4.78, 5) is 27.9. The number of hydrogen-bond acceptors (Lipinski definition) is 6. The molecule has 0 spiro atoms. The molecule has 7 nitrogen and oxygen atoms in total. The first kappa shape index (κ1) is 17.4. The van der Waals surface area contributed by atoms with Crippen molar-refractivity contribution in [3.63, 3.8) is 0 Å². The molecule has 2 amide bonds. The maximum absolute atomic E-state index is 12.1. The van der Waals surface area contributed by atoms with Crippen LogP contribution in [0.1, 0.15) is 33.4 Å². The Morgan fingerprint density at radius 1 is 1.43 bits per heavy atom. The molecule has 8 heteroatoms. The van der Waals surface area contributed by atoms with E-state index >= 15 is 0 Å². The van der Waals surface area contributed by atoms with Crippen LogP contribution < -0.4 is 10.6 Å². The lowest BCUT2D eigenvalue weighted by molar-refractivity contribution is -0.120. The Bertz CT molecular complexity index is 508. The average Bonchev–Trinajstić information content (AvgIpc) is 2.68. The number of carbonyl (C=O) groups excluding carboxylic acids is 2. The highest BCUT2D eigenvalue weighted by Crippen LogP contribution is 2.15. The Labute approximate surface area is 127 Å². The van der Waals surface area contributed by atoms with Gasteiger partial charge in [0.2, 0.25) is 0 Å². The fourth-order valence-electron chi connectivity index (χ4n) is 1.43. The van der Waals surface area contributed by atoms with E-state index in [-0.39, 0.29) is 0 Å². The summed E-state index contributed by atoms with van der Waals surface area (Å²) in [6, 6.07) is -1.12. The maximum atomic E-state index is 12.1. The van der Waals surface area contributed by atoms with E-state index in [0.29, 0.717) is 5.13 Å². The smallest absolute Gasteiger partial charge is 0.408 e. The zero-order chi connectivity index (χ0) is 16.2. The second-order valence-corrected chi connectivity index (χ2v) is 6.51. The number of amides is 2. The number of alkyl carbamates (subject to hydrolysis) is 1. The largest absolute Gasteiger partial charge is 0.444 e. The first-order valence-electron chi connectivity index (χ1n) is 6.49. The Morgan fingerprint density at radius 3 is 2.48 bits per heavy atom. The molecule has 2 atom stereocenters. The monoisotopic (exact) mass is 315 g/mol. The van der Waals surface area contributed by atoms with Crippen LogP contribution in [0.25, 0.3) is 0 Å². The predicted octanol–water partition coefficient (Wildman–Crippen LogP) is 1.66. The summed E-state index contributed by atoms with van der Waals surface area (Å²) in [5.41, 5.74) is 0.0972. The Kier molecular flexibility index (Phi) is 5.68. The van der Waals surface area contributed by atoms with Crippen molar-refractivity contribution in [1.29, 1.82) is 0 Å². The molecular formula is C13H21N3O4S. The van der Waals surface area contributed by atoms with E-state index in [0.717, 1.165) is 5.69 Å². The maximum Gasteiger partial charge on any atom is 0.408 e. The Balaban J connectivity index is 2.68. The second kappa shape index (κ2) is 6.86. The van der Waals surface area contributed by atoms with Crippen LogP contribution >= 0.6 is 11.3 Å². The molecule has 0 saturated carbocycles. The zero-order valence-corrected chi connectivity index (χ0v) is 13.6. The molecular weight excluding hydrogens is 294 g/mol. The molecule has 1 aromatic heterocycles. The van der Waals surface area contributed by atoms with Gasteiger partial charge in [0.15, 0.2) is 5.13 Å². The number of carbonyl (C=O) groups is 2. The molecule has 0 fully saturated rings. The van der Waals surface area contributed by atoms with Crippen molar-refractivity contribution < 1.29 is 19.4 Å². The summed E-state index contributed by atoms with van der Waals surface area (Å²) in [5, 5.41) is 16.8. The highest BCUT2D eigenvalue weighted by atomic mass is 32.1. The summed E-state index contributed by atoms with van der Waals surface area (Å²) in [5.74, 6) is -0.551. The van der Waals surface area contributed by atoms with Crippen molar-refractivity contribution in [1.82, 2.24) is 10.3 Å². The molecule has 1 rings (SSSR count). The van der Waals surface area contributed by atoms with E-state index in [1.165, 1.54) is 18.3 Å². The number of thiazole rings is 1. The topological polar surface area (TPSA) is 101 Å². The van der Waals surface area contributed by atoms with Crippen LogP contribution in [0, 0.1) is 6.92 Å². The molecule has 0 aromatic carbocycles. The third kappa shape index (κ3) is 6.09. The number of hydrogen-bond donors (Lipinski definition) is 3. The fourth-order valence-corrected chi connectivity index (χ4v) is 2.13. The van der Waals surface area contributed by atoms with Gasteiger partial charge in [-0.05, 0) is 34.6 Å². The highest BCUT2D eigenvalue weighted by Gasteiger charge is 2.28. The average molecular weight is 315 g/mol. The van der Waals surface area contributed by atoms with Gasteiger partial charge in [-0.1, -0.05) is 0 Å². The van der Waals surface area contributed by atoms with E-state index in [2.05, 4.69) is 15.6 Å². The Morgan fingerprint density at radius 2 is 2.05 bits per heavy atom. The van der Waals surface area contributed by atoms with Gasteiger partial charge in [0.25, 0.3) is 5.91 Å². The summed E-state index contributed by atoms with van der Waals surface area (Å²) < 4.78 is 5.07. The van der Waals surface area contributed by atoms with Crippen molar-refractivity contribution >= 4 is 28.5 Å². The van der Waals surface area contributed by atoms with E-state index in [9.17, 15) is 14.7 Å². The van der Waals surface area contributed by atoms with Gasteiger partial charge in [0.05, 0.1) is 11.8 Å². The SMILES string of the molecule is Cc1csc(NC(=O)[C@H](NC(=O)OC(C)(C)C)[C@H](C)O)n1. The summed E-state index contributed by atoms with van der Waals surface area (Å²) in [6.45, 7) is 8.35. The molecule has 1 heterocycles. The minimum Gasteiger partial charge on any atom is -0.444 e. The van der Waals surface area contributed by atoms with Gasteiger partial charge < -0.3 is 20.5 Å². The number of nitrogens with one attached hydrogen (secondary N) is 2. The molecule has 0 aliphatic carbocycles. The normalized spacial score (nSPS) is 14.2. The van der Waals surface area contributed by atoms with E-state index < -0.39 is 29.7 Å². The van der Waals surface area contributed by atoms with Gasteiger partial charge in [-0.15, -0.1) is 11.3 Å². The van der Waals surface area contributed by atoms with Crippen molar-refractivity contribution in [3.05, 3.63) is 11.1 Å². The Hall–Kier alpha value is -1.67. The third-order valence-electron chi connectivity index (χ3n) is 2.29. The lowest BCUT2D eigenvalue weighted by Gasteiger charge is -2.24. The van der Waals surface area contributed by atoms with Crippen LogP contribution in [0.4, 0.5) is 9.93 Å². The number of aromatic nitrogens is 1. The number of aryl methyl sites for hydroxylation is 1. The lowest BCUT2D eigenvalue weighted by atomic mass is 10.1. The zero-order valence-electron chi connectivity index (χ0n) is 12.8. The van der Waals surface area contributed by atoms with Gasteiger partial charge in [-0.3, -0.25) is 4.79 Å². The fraction of sp³-hybridized carbons (Fsp3) is 0.615. The minimum atomic E-state index is -1.12. The highest BCUT2D eigenvalue weighted by molar-refractivity contribution is 7.13. The first-order chi connectivity index (χ1) is 9.58.